The largest absolute Gasteiger partial charge is 0.416 e. The Morgan fingerprint density at radius 1 is 1.08 bits per heavy atom. The highest BCUT2D eigenvalue weighted by atomic mass is 35.5. The first-order chi connectivity index (χ1) is 18.5. The first-order valence-corrected chi connectivity index (χ1v) is 14.6. The van der Waals surface area contributed by atoms with E-state index in [0.29, 0.717) is 23.2 Å². The molecule has 1 aliphatic rings. The molecule has 1 atom stereocenters. The van der Waals surface area contributed by atoms with E-state index in [1.807, 2.05) is 30.3 Å². The fourth-order valence-electron chi connectivity index (χ4n) is 3.93. The normalized spacial score (nSPS) is 17.2. The van der Waals surface area contributed by atoms with Gasteiger partial charge in [-0.25, -0.2) is 5.01 Å². The Labute approximate surface area is 233 Å². The Morgan fingerprint density at radius 3 is 2.41 bits per heavy atom. The molecule has 0 bridgehead atoms. The fourth-order valence-corrected chi connectivity index (χ4v) is 5.22. The number of sulfonamides is 1. The molecule has 1 aliphatic heterocycles. The van der Waals surface area contributed by atoms with Crippen LogP contribution in [0.2, 0.25) is 5.02 Å². The maximum absolute atomic E-state index is 13.2. The predicted octanol–water partition coefficient (Wildman–Crippen LogP) is 5.98. The Balaban J connectivity index is 1.83. The molecule has 13 heteroatoms. The van der Waals surface area contributed by atoms with E-state index in [4.69, 9.17) is 22.4 Å². The van der Waals surface area contributed by atoms with E-state index in [2.05, 4.69) is 9.39 Å². The maximum Gasteiger partial charge on any atom is 0.416 e. The van der Waals surface area contributed by atoms with E-state index >= 15 is 0 Å². The zero-order valence-electron chi connectivity index (χ0n) is 20.5. The molecule has 0 spiro atoms. The lowest BCUT2D eigenvalue weighted by atomic mass is 9.86. The molecular weight excluding hydrogens is 571 g/mol. The highest BCUT2D eigenvalue weighted by Gasteiger charge is 2.33. The van der Waals surface area contributed by atoms with Crippen LogP contribution in [0.25, 0.3) is 0 Å². The third-order valence-corrected chi connectivity index (χ3v) is 7.86. The van der Waals surface area contributed by atoms with Gasteiger partial charge in [-0.05, 0) is 54.1 Å². The summed E-state index contributed by atoms with van der Waals surface area (Å²) in [6.45, 7) is 0.221. The molecule has 1 heterocycles. The van der Waals surface area contributed by atoms with Crippen LogP contribution in [0.1, 0.15) is 29.0 Å². The molecule has 0 radical (unpaired) electrons. The zero-order valence-corrected chi connectivity index (χ0v) is 22.9. The van der Waals surface area contributed by atoms with Crippen LogP contribution in [0.5, 0.6) is 0 Å². The van der Waals surface area contributed by atoms with Crippen molar-refractivity contribution >= 4 is 50.2 Å². The zero-order chi connectivity index (χ0) is 28.2. The number of benzene rings is 3. The number of nitrogens with zero attached hydrogens (tertiary/aromatic N) is 4. The number of hydrogen-bond acceptors (Lipinski definition) is 4. The molecule has 39 heavy (non-hydrogen) atoms. The summed E-state index contributed by atoms with van der Waals surface area (Å²) in [6.07, 6.45) is -2.57. The maximum atomic E-state index is 13.2. The Kier molecular flexibility index (Phi) is 8.67. The molecule has 4 rings (SSSR count). The Bertz CT molecular complexity index is 1530. The number of nitrogens with two attached hydrogens (primary N) is 1. The van der Waals surface area contributed by atoms with Crippen molar-refractivity contribution in [2.75, 3.05) is 12.8 Å². The molecule has 0 aromatic heterocycles. The number of thioether (sulfide) groups is 1. The summed E-state index contributed by atoms with van der Waals surface area (Å²) in [5.41, 5.74) is 7.16. The second kappa shape index (κ2) is 11.8. The number of alkyl halides is 3. The second-order valence-electron chi connectivity index (χ2n) is 8.41. The summed E-state index contributed by atoms with van der Waals surface area (Å²) in [4.78, 5) is 3.51. The van der Waals surface area contributed by atoms with Crippen molar-refractivity contribution in [2.45, 2.75) is 23.4 Å². The van der Waals surface area contributed by atoms with E-state index in [1.54, 1.807) is 30.5 Å². The van der Waals surface area contributed by atoms with Gasteiger partial charge in [0.15, 0.2) is 5.17 Å². The highest BCUT2D eigenvalue weighted by Crippen LogP contribution is 2.32. The van der Waals surface area contributed by atoms with Gasteiger partial charge >= 0.3 is 6.18 Å². The fraction of sp³-hybridized carbons (Fsp3) is 0.192. The summed E-state index contributed by atoms with van der Waals surface area (Å²) < 4.78 is 69.8. The second-order valence-corrected chi connectivity index (χ2v) is 11.3. The van der Waals surface area contributed by atoms with Gasteiger partial charge in [0.05, 0.1) is 16.2 Å². The lowest BCUT2D eigenvalue weighted by Crippen LogP contribution is -2.36. The molecular formula is C26H23ClF3N5O2S2. The Hall–Kier alpha value is -3.35. The summed E-state index contributed by atoms with van der Waals surface area (Å²) in [6, 6.07) is 20.1. The first-order valence-electron chi connectivity index (χ1n) is 11.6. The molecule has 0 saturated carbocycles. The van der Waals surface area contributed by atoms with Crippen LogP contribution in [-0.2, 0) is 16.2 Å². The molecule has 3 aromatic carbocycles. The summed E-state index contributed by atoms with van der Waals surface area (Å²) >= 11 is 7.14. The monoisotopic (exact) mass is 593 g/mol. The lowest BCUT2D eigenvalue weighted by molar-refractivity contribution is -0.137. The minimum atomic E-state index is -4.73. The van der Waals surface area contributed by atoms with Gasteiger partial charge in [-0.2, -0.15) is 31.7 Å². The van der Waals surface area contributed by atoms with E-state index < -0.39 is 26.7 Å². The molecule has 0 amide bonds. The topological polar surface area (TPSA) is 100 Å². The first kappa shape index (κ1) is 28.7. The average Bonchev–Trinajstić information content (AvgIpc) is 2.92. The van der Waals surface area contributed by atoms with Crippen LogP contribution in [0.3, 0.4) is 0 Å². The SMILES string of the molecule is CS/C(N)=N\C(=N\S(=O)(=O)c1cccc(C(F)(F)F)c1)N1CCC(c2ccccc2)C(c2ccc(Cl)cc2)=N1. The van der Waals surface area contributed by atoms with Gasteiger partial charge in [-0.1, -0.05) is 71.9 Å². The molecule has 204 valence electrons. The summed E-state index contributed by atoms with van der Waals surface area (Å²) in [7, 11) is -4.61. The summed E-state index contributed by atoms with van der Waals surface area (Å²) in [5, 5.41) is 6.56. The third kappa shape index (κ3) is 7.00. The Morgan fingerprint density at radius 2 is 1.77 bits per heavy atom. The van der Waals surface area contributed by atoms with Crippen LogP contribution < -0.4 is 5.73 Å². The minimum absolute atomic E-state index is 0.00131. The van der Waals surface area contributed by atoms with Crippen LogP contribution >= 0.6 is 23.4 Å². The summed E-state index contributed by atoms with van der Waals surface area (Å²) in [5.74, 6) is -0.496. The predicted molar refractivity (Wildman–Crippen MR) is 150 cm³/mol. The number of hydrazone groups is 1. The van der Waals surface area contributed by atoms with Crippen LogP contribution in [0.4, 0.5) is 13.2 Å². The van der Waals surface area contributed by atoms with Crippen molar-refractivity contribution in [3.05, 3.63) is 101 Å². The van der Waals surface area contributed by atoms with Gasteiger partial charge in [0.1, 0.15) is 0 Å². The van der Waals surface area contributed by atoms with E-state index in [-0.39, 0.29) is 23.6 Å². The van der Waals surface area contributed by atoms with E-state index in [1.165, 1.54) is 5.01 Å². The highest BCUT2D eigenvalue weighted by molar-refractivity contribution is 8.13. The van der Waals surface area contributed by atoms with Crippen molar-refractivity contribution in [3.63, 3.8) is 0 Å². The molecule has 7 nitrogen and oxygen atoms in total. The van der Waals surface area contributed by atoms with Gasteiger partial charge in [0.2, 0.25) is 0 Å². The molecule has 0 saturated heterocycles. The van der Waals surface area contributed by atoms with E-state index in [0.717, 1.165) is 41.1 Å². The molecule has 3 aromatic rings. The van der Waals surface area contributed by atoms with Crippen LogP contribution in [-0.4, -0.2) is 43.1 Å². The number of rotatable bonds is 4. The van der Waals surface area contributed by atoms with Crippen molar-refractivity contribution in [3.8, 4) is 0 Å². The van der Waals surface area contributed by atoms with Crippen LogP contribution in [0.15, 0.2) is 98.2 Å². The molecule has 0 fully saturated rings. The average molecular weight is 594 g/mol. The van der Waals surface area contributed by atoms with Crippen LogP contribution in [0, 0.1) is 0 Å². The van der Waals surface area contributed by atoms with E-state index in [9.17, 15) is 21.6 Å². The number of guanidine groups is 1. The molecule has 1 unspecified atom stereocenters. The van der Waals surface area contributed by atoms with Gasteiger partial charge < -0.3 is 5.73 Å². The van der Waals surface area contributed by atoms with Gasteiger partial charge in [-0.15, -0.1) is 4.40 Å². The standard InChI is InChI=1S/C26H23ClF3N5O2S2/c1-38-24(31)32-25(34-39(36,37)21-9-5-8-19(16-21)26(28,29)30)35-15-14-22(17-6-3-2-4-7-17)23(33-35)18-10-12-20(27)13-11-18/h2-13,16,22H,14-15H2,1H3,(H2,31,32,34). The van der Waals surface area contributed by atoms with Crippen molar-refractivity contribution in [1.29, 1.82) is 0 Å². The van der Waals surface area contributed by atoms with Gasteiger partial charge in [-0.3, -0.25) is 0 Å². The molecule has 0 aliphatic carbocycles. The van der Waals surface area contributed by atoms with Crippen molar-refractivity contribution in [1.82, 2.24) is 5.01 Å². The minimum Gasteiger partial charge on any atom is -0.378 e. The third-order valence-electron chi connectivity index (χ3n) is 5.84. The number of amidine groups is 1. The smallest absolute Gasteiger partial charge is 0.378 e. The molecule has 2 N–H and O–H groups in total. The van der Waals surface area contributed by atoms with Crippen molar-refractivity contribution in [2.24, 2.45) is 20.2 Å². The number of aliphatic imine (C=N–C) groups is 1. The quantitative estimate of drug-likeness (QED) is 0.296. The number of hydrogen-bond donors (Lipinski definition) is 1. The lowest BCUT2D eigenvalue weighted by Gasteiger charge is -2.30. The van der Waals surface area contributed by atoms with Gasteiger partial charge in [0.25, 0.3) is 16.0 Å². The van der Waals surface area contributed by atoms with Gasteiger partial charge in [0, 0.05) is 17.5 Å². The number of halogens is 4. The van der Waals surface area contributed by atoms with Crippen molar-refractivity contribution < 1.29 is 21.6 Å².